The summed E-state index contributed by atoms with van der Waals surface area (Å²) in [4.78, 5) is 10.1. The molecule has 0 aliphatic heterocycles. The molecule has 0 aliphatic rings. The smallest absolute Gasteiger partial charge is 0.382 e. The monoisotopic (exact) mass is 176 g/mol. The molecule has 0 fully saturated rings. The number of aliphatic carboxylic acids is 1. The van der Waals surface area contributed by atoms with Gasteiger partial charge in [-0.3, -0.25) is 0 Å². The first-order chi connectivity index (χ1) is 6.20. The van der Waals surface area contributed by atoms with E-state index < -0.39 is 12.1 Å². The van der Waals surface area contributed by atoms with Crippen molar-refractivity contribution in [3.8, 4) is 11.8 Å². The van der Waals surface area contributed by atoms with Crippen LogP contribution in [-0.2, 0) is 4.79 Å². The molecule has 0 spiro atoms. The lowest BCUT2D eigenvalue weighted by Gasteiger charge is -2.00. The zero-order valence-electron chi connectivity index (χ0n) is 6.77. The van der Waals surface area contributed by atoms with E-state index in [1.165, 1.54) is 0 Å². The number of hydrogen-bond donors (Lipinski definition) is 2. The number of aliphatic hydroxyl groups is 1. The van der Waals surface area contributed by atoms with E-state index in [4.69, 9.17) is 5.11 Å². The van der Waals surface area contributed by atoms with Gasteiger partial charge in [0.05, 0.1) is 0 Å². The third-order valence-electron chi connectivity index (χ3n) is 1.43. The predicted octanol–water partition coefficient (Wildman–Crippen LogP) is 0.808. The Balaban J connectivity index is 2.77. The number of aliphatic hydroxyl groups excluding tert-OH is 1. The number of rotatable bonds is 1. The average molecular weight is 176 g/mol. The van der Waals surface area contributed by atoms with Crippen molar-refractivity contribution in [3.63, 3.8) is 0 Å². The molecule has 0 aliphatic carbocycles. The van der Waals surface area contributed by atoms with Crippen molar-refractivity contribution >= 4 is 5.97 Å². The molecule has 0 heterocycles. The van der Waals surface area contributed by atoms with E-state index in [2.05, 4.69) is 5.92 Å². The molecular weight excluding hydrogens is 168 g/mol. The van der Waals surface area contributed by atoms with E-state index in [-0.39, 0.29) is 0 Å². The van der Waals surface area contributed by atoms with Gasteiger partial charge in [-0.2, -0.15) is 0 Å². The Morgan fingerprint density at radius 2 is 1.92 bits per heavy atom. The highest BCUT2D eigenvalue weighted by molar-refractivity contribution is 5.86. The first kappa shape index (κ1) is 9.30. The molecule has 0 bridgehead atoms. The SMILES string of the molecule is O=C(O)C#CC(O)c1ccccc1. The van der Waals surface area contributed by atoms with E-state index in [1.807, 2.05) is 5.92 Å². The molecule has 2 N–H and O–H groups in total. The van der Waals surface area contributed by atoms with Crippen molar-refractivity contribution in [1.29, 1.82) is 0 Å². The summed E-state index contributed by atoms with van der Waals surface area (Å²) in [5, 5.41) is 17.6. The Hall–Kier alpha value is -1.79. The zero-order valence-corrected chi connectivity index (χ0v) is 6.77. The lowest BCUT2D eigenvalue weighted by atomic mass is 10.1. The Morgan fingerprint density at radius 3 is 2.46 bits per heavy atom. The molecule has 13 heavy (non-hydrogen) atoms. The standard InChI is InChI=1S/C10H8O3/c11-9(6-7-10(12)13)8-4-2-1-3-5-8/h1-5,9,11H,(H,12,13). The Kier molecular flexibility index (Phi) is 3.07. The van der Waals surface area contributed by atoms with Gasteiger partial charge in [0.1, 0.15) is 6.10 Å². The summed E-state index contributed by atoms with van der Waals surface area (Å²) in [6.07, 6.45) is -1.03. The minimum atomic E-state index is -1.24. The van der Waals surface area contributed by atoms with Crippen molar-refractivity contribution in [3.05, 3.63) is 35.9 Å². The minimum Gasteiger partial charge on any atom is -0.472 e. The molecule has 1 rings (SSSR count). The van der Waals surface area contributed by atoms with Crippen LogP contribution in [0, 0.1) is 11.8 Å². The van der Waals surface area contributed by atoms with E-state index >= 15 is 0 Å². The normalized spacial score (nSPS) is 11.2. The number of hydrogen-bond acceptors (Lipinski definition) is 2. The van der Waals surface area contributed by atoms with Crippen LogP contribution in [0.4, 0.5) is 0 Å². The molecule has 0 amide bonds. The molecule has 66 valence electrons. The van der Waals surface area contributed by atoms with Gasteiger partial charge in [-0.1, -0.05) is 36.3 Å². The van der Waals surface area contributed by atoms with Gasteiger partial charge in [-0.15, -0.1) is 0 Å². The lowest BCUT2D eigenvalue weighted by molar-refractivity contribution is -0.130. The van der Waals surface area contributed by atoms with Crippen LogP contribution in [0.15, 0.2) is 30.3 Å². The maximum Gasteiger partial charge on any atom is 0.382 e. The van der Waals surface area contributed by atoms with Gasteiger partial charge in [0.15, 0.2) is 0 Å². The van der Waals surface area contributed by atoms with Crippen LogP contribution in [0.25, 0.3) is 0 Å². The second-order valence-electron chi connectivity index (χ2n) is 2.39. The molecule has 3 heteroatoms. The molecule has 3 nitrogen and oxygen atoms in total. The van der Waals surface area contributed by atoms with Crippen LogP contribution in [0.3, 0.4) is 0 Å². The Bertz CT molecular complexity index is 345. The van der Waals surface area contributed by atoms with E-state index in [9.17, 15) is 9.90 Å². The third-order valence-corrected chi connectivity index (χ3v) is 1.43. The summed E-state index contributed by atoms with van der Waals surface area (Å²) in [5.74, 6) is 2.82. The summed E-state index contributed by atoms with van der Waals surface area (Å²) < 4.78 is 0. The Labute approximate surface area is 75.6 Å². The molecule has 0 saturated heterocycles. The minimum absolute atomic E-state index is 0.594. The van der Waals surface area contributed by atoms with Gasteiger partial charge in [0, 0.05) is 5.92 Å². The highest BCUT2D eigenvalue weighted by Gasteiger charge is 2.01. The summed E-state index contributed by atoms with van der Waals surface area (Å²) in [7, 11) is 0. The van der Waals surface area contributed by atoms with Crippen molar-refractivity contribution in [2.24, 2.45) is 0 Å². The molecule has 1 aromatic rings. The molecule has 1 aromatic carbocycles. The van der Waals surface area contributed by atoms with Crippen molar-refractivity contribution in [1.82, 2.24) is 0 Å². The van der Waals surface area contributed by atoms with Gasteiger partial charge in [0.2, 0.25) is 0 Å². The quantitative estimate of drug-likeness (QED) is 0.622. The fraction of sp³-hybridized carbons (Fsp3) is 0.100. The Morgan fingerprint density at radius 1 is 1.31 bits per heavy atom. The first-order valence-corrected chi connectivity index (χ1v) is 3.67. The van der Waals surface area contributed by atoms with Gasteiger partial charge in [-0.25, -0.2) is 4.79 Å². The average Bonchev–Trinajstić information content (AvgIpc) is 2.15. The van der Waals surface area contributed by atoms with Crippen molar-refractivity contribution in [2.45, 2.75) is 6.10 Å². The first-order valence-electron chi connectivity index (χ1n) is 3.67. The van der Waals surface area contributed by atoms with Crippen molar-refractivity contribution < 1.29 is 15.0 Å². The van der Waals surface area contributed by atoms with Crippen LogP contribution in [0.5, 0.6) is 0 Å². The maximum absolute atomic E-state index is 10.1. The lowest BCUT2D eigenvalue weighted by Crippen LogP contribution is -1.95. The summed E-state index contributed by atoms with van der Waals surface area (Å²) in [6, 6.07) is 8.67. The fourth-order valence-corrected chi connectivity index (χ4v) is 0.849. The predicted molar refractivity (Wildman–Crippen MR) is 46.8 cm³/mol. The molecule has 1 atom stereocenters. The molecule has 0 radical (unpaired) electrons. The molecular formula is C10H8O3. The topological polar surface area (TPSA) is 57.5 Å². The van der Waals surface area contributed by atoms with E-state index in [0.29, 0.717) is 5.56 Å². The van der Waals surface area contributed by atoms with Crippen LogP contribution < -0.4 is 0 Å². The van der Waals surface area contributed by atoms with Gasteiger partial charge in [-0.05, 0) is 5.56 Å². The summed E-state index contributed by atoms with van der Waals surface area (Å²) in [5.41, 5.74) is 0.594. The van der Waals surface area contributed by atoms with Gasteiger partial charge in [0.25, 0.3) is 0 Å². The summed E-state index contributed by atoms with van der Waals surface area (Å²) >= 11 is 0. The van der Waals surface area contributed by atoms with Crippen LogP contribution in [0.1, 0.15) is 11.7 Å². The maximum atomic E-state index is 10.1. The van der Waals surface area contributed by atoms with E-state index in [1.54, 1.807) is 30.3 Å². The molecule has 0 saturated carbocycles. The number of benzene rings is 1. The molecule has 1 unspecified atom stereocenters. The van der Waals surface area contributed by atoms with E-state index in [0.717, 1.165) is 0 Å². The fourth-order valence-electron chi connectivity index (χ4n) is 0.849. The highest BCUT2D eigenvalue weighted by Crippen LogP contribution is 2.09. The summed E-state index contributed by atoms with van der Waals surface area (Å²) in [6.45, 7) is 0. The molecule has 0 aromatic heterocycles. The van der Waals surface area contributed by atoms with Gasteiger partial charge < -0.3 is 10.2 Å². The largest absolute Gasteiger partial charge is 0.472 e. The highest BCUT2D eigenvalue weighted by atomic mass is 16.4. The van der Waals surface area contributed by atoms with Crippen molar-refractivity contribution in [2.75, 3.05) is 0 Å². The second-order valence-corrected chi connectivity index (χ2v) is 2.39. The number of carbonyl (C=O) groups is 1. The second kappa shape index (κ2) is 4.29. The van der Waals surface area contributed by atoms with Crippen LogP contribution >= 0.6 is 0 Å². The third kappa shape index (κ3) is 2.97. The van der Waals surface area contributed by atoms with Crippen LogP contribution in [-0.4, -0.2) is 16.2 Å². The number of carboxylic acid groups (broad SMARTS) is 1. The number of carboxylic acids is 1. The van der Waals surface area contributed by atoms with Crippen LogP contribution in [0.2, 0.25) is 0 Å². The zero-order chi connectivity index (χ0) is 9.68. The van der Waals surface area contributed by atoms with Gasteiger partial charge >= 0.3 is 5.97 Å².